The molecule has 0 saturated carbocycles. The first-order valence-electron chi connectivity index (χ1n) is 14.2. The molecule has 2 amide bonds. The quantitative estimate of drug-likeness (QED) is 0.0737. The van der Waals surface area contributed by atoms with E-state index >= 15 is 0 Å². The maximum absolute atomic E-state index is 13.5. The lowest BCUT2D eigenvalue weighted by molar-refractivity contribution is -0.126. The number of hydroxylamine groups is 1. The molecule has 0 bridgehead atoms. The second-order valence-corrected chi connectivity index (χ2v) is 11.6. The lowest BCUT2D eigenvalue weighted by Crippen LogP contribution is -2.44. The van der Waals surface area contributed by atoms with Crippen molar-refractivity contribution in [3.05, 3.63) is 120 Å². The first kappa shape index (κ1) is 29.6. The third kappa shape index (κ3) is 6.00. The van der Waals surface area contributed by atoms with E-state index in [-0.39, 0.29) is 11.8 Å². The summed E-state index contributed by atoms with van der Waals surface area (Å²) in [6.07, 6.45) is 2.42. The van der Waals surface area contributed by atoms with Crippen molar-refractivity contribution in [1.82, 2.24) is 10.8 Å². The van der Waals surface area contributed by atoms with Crippen LogP contribution in [0.2, 0.25) is 0 Å². The highest BCUT2D eigenvalue weighted by atomic mass is 31.2. The van der Waals surface area contributed by atoms with Crippen LogP contribution in [0, 0.1) is 0 Å². The molecule has 42 heavy (non-hydrogen) atoms. The maximum Gasteiger partial charge on any atom is 0.275 e. The standard InChI is InChI=1S/C34H34FN2O4P/c1-2-40-42(41-37-32(38)29-19-7-6-16-26(29)25-14-4-3-5-15-25)23-13-12-22-34(33(39)36-24-35)30-20-10-8-17-27(30)28-18-9-11-21-31(28)34/h3-11,14-21H,2,12-13,22-24H2,1H3,(H,36,39)(H,37,38). The van der Waals surface area contributed by atoms with E-state index in [1.807, 2.05) is 104 Å². The van der Waals surface area contributed by atoms with Crippen molar-refractivity contribution in [2.45, 2.75) is 31.6 Å². The van der Waals surface area contributed by atoms with Gasteiger partial charge in [-0.15, -0.1) is 0 Å². The molecule has 4 aromatic carbocycles. The van der Waals surface area contributed by atoms with Crippen LogP contribution in [0.1, 0.15) is 47.7 Å². The molecule has 1 atom stereocenters. The molecule has 1 aliphatic carbocycles. The normalized spacial score (nSPS) is 13.6. The van der Waals surface area contributed by atoms with Gasteiger partial charge in [0.25, 0.3) is 5.91 Å². The summed E-state index contributed by atoms with van der Waals surface area (Å²) in [4.78, 5) is 26.6. The van der Waals surface area contributed by atoms with Crippen molar-refractivity contribution in [3.63, 3.8) is 0 Å². The van der Waals surface area contributed by atoms with Crippen molar-refractivity contribution < 1.29 is 23.1 Å². The van der Waals surface area contributed by atoms with Gasteiger partial charge in [0.15, 0.2) is 15.2 Å². The molecule has 0 fully saturated rings. The molecule has 0 aromatic heterocycles. The summed E-state index contributed by atoms with van der Waals surface area (Å²) < 4.78 is 25.0. The summed E-state index contributed by atoms with van der Waals surface area (Å²) in [5, 5.41) is 2.45. The van der Waals surface area contributed by atoms with Crippen LogP contribution in [-0.2, 0) is 19.4 Å². The topological polar surface area (TPSA) is 76.7 Å². The predicted octanol–water partition coefficient (Wildman–Crippen LogP) is 7.54. The summed E-state index contributed by atoms with van der Waals surface area (Å²) in [5.41, 5.74) is 7.67. The number of hydrogen-bond donors (Lipinski definition) is 2. The van der Waals surface area contributed by atoms with Crippen LogP contribution in [0.15, 0.2) is 103 Å². The van der Waals surface area contributed by atoms with E-state index in [2.05, 4.69) is 10.8 Å². The van der Waals surface area contributed by atoms with Gasteiger partial charge in [-0.2, -0.15) is 0 Å². The zero-order chi connectivity index (χ0) is 29.4. The van der Waals surface area contributed by atoms with Crippen molar-refractivity contribution in [2.75, 3.05) is 19.6 Å². The first-order valence-corrected chi connectivity index (χ1v) is 15.5. The number of nitrogens with one attached hydrogen (secondary N) is 2. The third-order valence-electron chi connectivity index (χ3n) is 7.59. The Morgan fingerprint density at radius 1 is 0.786 bits per heavy atom. The molecular weight excluding hydrogens is 550 g/mol. The number of hydrogen-bond acceptors (Lipinski definition) is 4. The monoisotopic (exact) mass is 584 g/mol. The zero-order valence-electron chi connectivity index (χ0n) is 23.5. The molecule has 8 heteroatoms. The van der Waals surface area contributed by atoms with E-state index in [0.717, 1.165) is 33.4 Å². The van der Waals surface area contributed by atoms with Gasteiger partial charge in [0.1, 0.15) is 5.41 Å². The lowest BCUT2D eigenvalue weighted by Gasteiger charge is -2.30. The van der Waals surface area contributed by atoms with Gasteiger partial charge in [0.2, 0.25) is 5.91 Å². The fourth-order valence-electron chi connectivity index (χ4n) is 5.77. The molecule has 1 unspecified atom stereocenters. The molecule has 4 aromatic rings. The van der Waals surface area contributed by atoms with E-state index in [9.17, 15) is 14.0 Å². The molecule has 5 rings (SSSR count). The Kier molecular flexibility index (Phi) is 9.75. The molecule has 1 aliphatic rings. The molecule has 0 radical (unpaired) electrons. The smallest absolute Gasteiger partial charge is 0.275 e. The van der Waals surface area contributed by atoms with Gasteiger partial charge in [-0.25, -0.2) is 14.5 Å². The summed E-state index contributed by atoms with van der Waals surface area (Å²) in [5.74, 6) is -0.683. The molecule has 0 spiro atoms. The van der Waals surface area contributed by atoms with Gasteiger partial charge in [0, 0.05) is 11.7 Å². The molecule has 0 aliphatic heterocycles. The second kappa shape index (κ2) is 13.8. The fraction of sp³-hybridized carbons (Fsp3) is 0.235. The van der Waals surface area contributed by atoms with Crippen LogP contribution in [-0.4, -0.2) is 31.4 Å². The average Bonchev–Trinajstić information content (AvgIpc) is 3.33. The second-order valence-electron chi connectivity index (χ2n) is 10.0. The van der Waals surface area contributed by atoms with Crippen molar-refractivity contribution >= 4 is 20.2 Å². The third-order valence-corrected chi connectivity index (χ3v) is 9.11. The molecular formula is C34H34FN2O4P. The van der Waals surface area contributed by atoms with Gasteiger partial charge < -0.3 is 9.84 Å². The van der Waals surface area contributed by atoms with Crippen LogP contribution in [0.5, 0.6) is 0 Å². The SMILES string of the molecule is CCOP(CCCCC1(C(=O)NCF)c2ccccc2-c2ccccc21)ONC(=O)c1ccccc1-c1ccccc1. The number of amides is 2. The molecule has 216 valence electrons. The summed E-state index contributed by atoms with van der Waals surface area (Å²) in [6, 6.07) is 32.8. The molecule has 0 saturated heterocycles. The van der Waals surface area contributed by atoms with Gasteiger partial charge in [0.05, 0.1) is 6.61 Å². The Morgan fingerprint density at radius 2 is 1.38 bits per heavy atom. The molecule has 2 N–H and O–H groups in total. The minimum absolute atomic E-state index is 0.338. The summed E-state index contributed by atoms with van der Waals surface area (Å²) >= 11 is 0. The van der Waals surface area contributed by atoms with E-state index < -0.39 is 20.6 Å². The van der Waals surface area contributed by atoms with Crippen LogP contribution < -0.4 is 10.8 Å². The van der Waals surface area contributed by atoms with Crippen LogP contribution in [0.25, 0.3) is 22.3 Å². The highest BCUT2D eigenvalue weighted by molar-refractivity contribution is 7.47. The number of unbranched alkanes of at least 4 members (excludes halogenated alkanes) is 1. The van der Waals surface area contributed by atoms with Gasteiger partial charge in [-0.05, 0) is 59.2 Å². The average molecular weight is 585 g/mol. The number of benzene rings is 4. The van der Waals surface area contributed by atoms with Crippen LogP contribution >= 0.6 is 8.38 Å². The van der Waals surface area contributed by atoms with Crippen LogP contribution in [0.4, 0.5) is 4.39 Å². The van der Waals surface area contributed by atoms with E-state index in [1.165, 1.54) is 0 Å². The number of halogens is 1. The van der Waals surface area contributed by atoms with Gasteiger partial charge in [-0.3, -0.25) is 9.59 Å². The minimum atomic E-state index is -1.41. The van der Waals surface area contributed by atoms with Crippen LogP contribution in [0.3, 0.4) is 0 Å². The number of carbonyl (C=O) groups is 2. The van der Waals surface area contributed by atoms with E-state index in [4.69, 9.17) is 9.15 Å². The Labute approximate surface area is 247 Å². The summed E-state index contributed by atoms with van der Waals surface area (Å²) in [7, 11) is -1.41. The first-order chi connectivity index (χ1) is 20.6. The lowest BCUT2D eigenvalue weighted by atomic mass is 9.73. The largest absolute Gasteiger partial charge is 0.333 e. The highest BCUT2D eigenvalue weighted by Crippen LogP contribution is 2.52. The number of alkyl halides is 1. The Hall–Kier alpha value is -3.90. The van der Waals surface area contributed by atoms with Crippen molar-refractivity contribution in [2.24, 2.45) is 0 Å². The van der Waals surface area contributed by atoms with Crippen molar-refractivity contribution in [3.8, 4) is 22.3 Å². The Morgan fingerprint density at radius 3 is 2.02 bits per heavy atom. The molecule has 0 heterocycles. The summed E-state index contributed by atoms with van der Waals surface area (Å²) in [6.45, 7) is 1.39. The highest BCUT2D eigenvalue weighted by Gasteiger charge is 2.48. The number of rotatable bonds is 13. The maximum atomic E-state index is 13.5. The zero-order valence-corrected chi connectivity index (χ0v) is 24.4. The van der Waals surface area contributed by atoms with Crippen molar-refractivity contribution in [1.29, 1.82) is 0 Å². The number of carbonyl (C=O) groups excluding carboxylic acids is 2. The van der Waals surface area contributed by atoms with Gasteiger partial charge in [-0.1, -0.05) is 103 Å². The number of fused-ring (bicyclic) bond motifs is 3. The minimum Gasteiger partial charge on any atom is -0.333 e. The fourth-order valence-corrected chi connectivity index (χ4v) is 7.00. The van der Waals surface area contributed by atoms with E-state index in [0.29, 0.717) is 37.6 Å². The Bertz CT molecular complexity index is 1490. The van der Waals surface area contributed by atoms with E-state index in [1.54, 1.807) is 6.07 Å². The predicted molar refractivity (Wildman–Crippen MR) is 164 cm³/mol. The van der Waals surface area contributed by atoms with Gasteiger partial charge >= 0.3 is 0 Å². The molecule has 6 nitrogen and oxygen atoms in total. The Balaban J connectivity index is 1.26.